The first-order valence-electron chi connectivity index (χ1n) is 7.06. The molecule has 2 aromatic rings. The van der Waals surface area contributed by atoms with E-state index in [0.29, 0.717) is 0 Å². The van der Waals surface area contributed by atoms with E-state index in [-0.39, 0.29) is 6.42 Å². The molecule has 0 aliphatic carbocycles. The van der Waals surface area contributed by atoms with Crippen molar-refractivity contribution >= 4 is 11.9 Å². The van der Waals surface area contributed by atoms with Crippen molar-refractivity contribution in [2.45, 2.75) is 25.9 Å². The number of aliphatic carboxylic acids is 1. The van der Waals surface area contributed by atoms with Gasteiger partial charge >= 0.3 is 11.9 Å². The van der Waals surface area contributed by atoms with Crippen molar-refractivity contribution in [2.75, 3.05) is 0 Å². The van der Waals surface area contributed by atoms with Crippen molar-refractivity contribution in [3.05, 3.63) is 71.3 Å². The van der Waals surface area contributed by atoms with E-state index in [1.807, 2.05) is 42.5 Å². The van der Waals surface area contributed by atoms with Gasteiger partial charge in [-0.1, -0.05) is 54.6 Å². The summed E-state index contributed by atoms with van der Waals surface area (Å²) in [5, 5.41) is 9.06. The number of benzene rings is 2. The fourth-order valence-corrected chi connectivity index (χ4v) is 2.22. The minimum absolute atomic E-state index is 0.167. The number of carbonyl (C=O) groups is 2. The van der Waals surface area contributed by atoms with Crippen LogP contribution >= 0.6 is 0 Å². The van der Waals surface area contributed by atoms with E-state index in [4.69, 9.17) is 9.84 Å². The zero-order chi connectivity index (χ0) is 15.9. The topological polar surface area (TPSA) is 63.6 Å². The Morgan fingerprint density at radius 3 is 2.05 bits per heavy atom. The summed E-state index contributed by atoms with van der Waals surface area (Å²) in [7, 11) is 0. The highest BCUT2D eigenvalue weighted by molar-refractivity contribution is 5.77. The van der Waals surface area contributed by atoms with Crippen molar-refractivity contribution in [3.8, 4) is 0 Å². The second-order valence-electron chi connectivity index (χ2n) is 5.12. The van der Waals surface area contributed by atoms with Gasteiger partial charge in [-0.3, -0.25) is 4.79 Å². The molecule has 0 radical (unpaired) electrons. The summed E-state index contributed by atoms with van der Waals surface area (Å²) in [4.78, 5) is 22.0. The second-order valence-corrected chi connectivity index (χ2v) is 5.12. The largest absolute Gasteiger partial charge is 0.478 e. The molecule has 22 heavy (non-hydrogen) atoms. The molecule has 0 heterocycles. The van der Waals surface area contributed by atoms with Crippen LogP contribution in [0, 0.1) is 0 Å². The van der Waals surface area contributed by atoms with Gasteiger partial charge in [-0.15, -0.1) is 0 Å². The SMILES string of the molecule is CC(=O)OC(Cc1ccc(Cc2ccccc2)cc1)C(=O)O. The molecule has 0 aliphatic heterocycles. The van der Waals surface area contributed by atoms with Crippen molar-refractivity contribution in [2.24, 2.45) is 0 Å². The second kappa shape index (κ2) is 7.41. The Bertz CT molecular complexity index is 632. The van der Waals surface area contributed by atoms with Crippen LogP contribution < -0.4 is 0 Å². The van der Waals surface area contributed by atoms with Gasteiger partial charge in [0.15, 0.2) is 0 Å². The van der Waals surface area contributed by atoms with Crippen LogP contribution in [0.1, 0.15) is 23.6 Å². The molecule has 2 rings (SSSR count). The molecule has 4 heteroatoms. The molecule has 0 aromatic heterocycles. The quantitative estimate of drug-likeness (QED) is 0.833. The van der Waals surface area contributed by atoms with Gasteiger partial charge in [0, 0.05) is 13.3 Å². The molecule has 2 aromatic carbocycles. The zero-order valence-corrected chi connectivity index (χ0v) is 12.4. The third-order valence-corrected chi connectivity index (χ3v) is 3.28. The predicted molar refractivity (Wildman–Crippen MR) is 82.6 cm³/mol. The fourth-order valence-electron chi connectivity index (χ4n) is 2.22. The lowest BCUT2D eigenvalue weighted by atomic mass is 10.0. The van der Waals surface area contributed by atoms with E-state index in [0.717, 1.165) is 17.5 Å². The van der Waals surface area contributed by atoms with Crippen LogP contribution in [0.25, 0.3) is 0 Å². The van der Waals surface area contributed by atoms with Gasteiger partial charge in [0.1, 0.15) is 0 Å². The van der Waals surface area contributed by atoms with E-state index in [2.05, 4.69) is 12.1 Å². The predicted octanol–water partition coefficient (Wildman–Crippen LogP) is 2.84. The maximum Gasteiger partial charge on any atom is 0.345 e. The molecular formula is C18H18O4. The van der Waals surface area contributed by atoms with E-state index in [1.165, 1.54) is 12.5 Å². The van der Waals surface area contributed by atoms with Crippen LogP contribution in [0.2, 0.25) is 0 Å². The van der Waals surface area contributed by atoms with Crippen LogP contribution in [-0.4, -0.2) is 23.1 Å². The molecule has 0 bridgehead atoms. The van der Waals surface area contributed by atoms with Gasteiger partial charge in [-0.05, 0) is 23.1 Å². The number of hydrogen-bond acceptors (Lipinski definition) is 3. The minimum atomic E-state index is -1.14. The molecule has 0 aliphatic rings. The van der Waals surface area contributed by atoms with E-state index in [1.54, 1.807) is 0 Å². The molecule has 0 amide bonds. The van der Waals surface area contributed by atoms with E-state index < -0.39 is 18.0 Å². The lowest BCUT2D eigenvalue weighted by Gasteiger charge is -2.12. The third-order valence-electron chi connectivity index (χ3n) is 3.28. The number of hydrogen-bond donors (Lipinski definition) is 1. The molecular weight excluding hydrogens is 280 g/mol. The molecule has 1 atom stereocenters. The Kier molecular flexibility index (Phi) is 5.31. The zero-order valence-electron chi connectivity index (χ0n) is 12.4. The number of rotatable bonds is 6. The van der Waals surface area contributed by atoms with Gasteiger partial charge in [-0.2, -0.15) is 0 Å². The lowest BCUT2D eigenvalue weighted by Crippen LogP contribution is -2.28. The van der Waals surface area contributed by atoms with E-state index in [9.17, 15) is 9.59 Å². The first kappa shape index (κ1) is 15.8. The van der Waals surface area contributed by atoms with Crippen molar-refractivity contribution in [1.29, 1.82) is 0 Å². The number of ether oxygens (including phenoxy) is 1. The fraction of sp³-hybridized carbons (Fsp3) is 0.222. The molecule has 1 N–H and O–H groups in total. The number of carboxylic acid groups (broad SMARTS) is 1. The molecule has 1 unspecified atom stereocenters. The lowest BCUT2D eigenvalue weighted by molar-refractivity contribution is -0.162. The van der Waals surface area contributed by atoms with Crippen LogP contribution in [0.15, 0.2) is 54.6 Å². The Morgan fingerprint density at radius 1 is 0.955 bits per heavy atom. The molecule has 0 saturated carbocycles. The minimum Gasteiger partial charge on any atom is -0.478 e. The summed E-state index contributed by atoms with van der Waals surface area (Å²) in [6.45, 7) is 1.21. The maximum absolute atomic E-state index is 11.1. The summed E-state index contributed by atoms with van der Waals surface area (Å²) in [5.41, 5.74) is 3.19. The highest BCUT2D eigenvalue weighted by Gasteiger charge is 2.20. The first-order chi connectivity index (χ1) is 10.5. The highest BCUT2D eigenvalue weighted by atomic mass is 16.6. The summed E-state index contributed by atoms with van der Waals surface area (Å²) in [6.07, 6.45) is -0.147. The number of esters is 1. The maximum atomic E-state index is 11.1. The van der Waals surface area contributed by atoms with E-state index >= 15 is 0 Å². The van der Waals surface area contributed by atoms with Gasteiger partial charge in [-0.25, -0.2) is 4.79 Å². The standard InChI is InChI=1S/C18H18O4/c1-13(19)22-17(18(20)21)12-16-9-7-15(8-10-16)11-14-5-3-2-4-6-14/h2-10,17H,11-12H2,1H3,(H,20,21). The number of carboxylic acids is 1. The van der Waals surface area contributed by atoms with Crippen LogP contribution in [-0.2, 0) is 27.2 Å². The van der Waals surface area contributed by atoms with Gasteiger partial charge in [0.25, 0.3) is 0 Å². The van der Waals surface area contributed by atoms with Crippen LogP contribution in [0.4, 0.5) is 0 Å². The molecule has 114 valence electrons. The van der Waals surface area contributed by atoms with Crippen molar-refractivity contribution in [1.82, 2.24) is 0 Å². The van der Waals surface area contributed by atoms with Crippen LogP contribution in [0.3, 0.4) is 0 Å². The highest BCUT2D eigenvalue weighted by Crippen LogP contribution is 2.13. The Balaban J connectivity index is 2.02. The normalized spacial score (nSPS) is 11.7. The Labute approximate surface area is 129 Å². The van der Waals surface area contributed by atoms with Gasteiger partial charge in [0.05, 0.1) is 0 Å². The average Bonchev–Trinajstić information content (AvgIpc) is 2.49. The Morgan fingerprint density at radius 2 is 1.50 bits per heavy atom. The molecule has 0 saturated heterocycles. The Hall–Kier alpha value is -2.62. The van der Waals surface area contributed by atoms with Crippen molar-refractivity contribution < 1.29 is 19.4 Å². The number of carbonyl (C=O) groups excluding carboxylic acids is 1. The third kappa shape index (κ3) is 4.74. The smallest absolute Gasteiger partial charge is 0.345 e. The summed E-state index contributed by atoms with van der Waals surface area (Å²) in [5.74, 6) is -1.73. The summed E-state index contributed by atoms with van der Waals surface area (Å²) < 4.78 is 4.80. The average molecular weight is 298 g/mol. The first-order valence-corrected chi connectivity index (χ1v) is 7.06. The molecule has 0 fully saturated rings. The molecule has 0 spiro atoms. The van der Waals surface area contributed by atoms with Gasteiger partial charge in [0.2, 0.25) is 6.10 Å². The van der Waals surface area contributed by atoms with Gasteiger partial charge < -0.3 is 9.84 Å². The van der Waals surface area contributed by atoms with Crippen molar-refractivity contribution in [3.63, 3.8) is 0 Å². The summed E-state index contributed by atoms with van der Waals surface area (Å²) in [6, 6.07) is 17.8. The summed E-state index contributed by atoms with van der Waals surface area (Å²) >= 11 is 0. The molecule has 4 nitrogen and oxygen atoms in total. The van der Waals surface area contributed by atoms with Crippen LogP contribution in [0.5, 0.6) is 0 Å². The monoisotopic (exact) mass is 298 g/mol.